The van der Waals surface area contributed by atoms with Crippen molar-refractivity contribution in [3.8, 4) is 0 Å². The van der Waals surface area contributed by atoms with Gasteiger partial charge in [0.2, 0.25) is 0 Å². The number of aryl methyl sites for hydroxylation is 3. The first-order valence-corrected chi connectivity index (χ1v) is 6.85. The second-order valence-electron chi connectivity index (χ2n) is 5.26. The van der Waals surface area contributed by atoms with Gasteiger partial charge in [-0.25, -0.2) is 4.79 Å². The summed E-state index contributed by atoms with van der Waals surface area (Å²) in [6.07, 6.45) is 5.12. The smallest absolute Gasteiger partial charge is 0.314 e. The average Bonchev–Trinajstić information content (AvgIpc) is 2.81. The molecule has 2 amide bonds. The van der Waals surface area contributed by atoms with Gasteiger partial charge in [-0.15, -0.1) is 0 Å². The molecule has 1 aliphatic heterocycles. The lowest BCUT2D eigenvalue weighted by atomic mass is 10.1. The molecule has 3 nitrogen and oxygen atoms in total. The van der Waals surface area contributed by atoms with E-state index in [1.54, 1.807) is 0 Å². The number of hydrogen-bond donors (Lipinski definition) is 1. The molecule has 0 saturated carbocycles. The molecule has 1 aliphatic rings. The quantitative estimate of drug-likeness (QED) is 0.804. The number of anilines is 1. The van der Waals surface area contributed by atoms with Gasteiger partial charge in [0.15, 0.2) is 0 Å². The van der Waals surface area contributed by atoms with Crippen LogP contribution < -0.4 is 5.32 Å². The van der Waals surface area contributed by atoms with Crippen LogP contribution in [0.1, 0.15) is 30.0 Å². The first-order valence-electron chi connectivity index (χ1n) is 6.85. The van der Waals surface area contributed by atoms with Gasteiger partial charge in [0, 0.05) is 12.2 Å². The van der Waals surface area contributed by atoms with Crippen LogP contribution in [0.4, 0.5) is 10.5 Å². The second kappa shape index (κ2) is 5.47. The van der Waals surface area contributed by atoms with Gasteiger partial charge in [0.05, 0.1) is 6.04 Å². The SMILES string of the molecule is CCC1C=CCN1C(=O)Nc1c(C)cc(C)cc1C. The zero-order chi connectivity index (χ0) is 14.0. The van der Waals surface area contributed by atoms with E-state index in [-0.39, 0.29) is 12.1 Å². The van der Waals surface area contributed by atoms with Crippen molar-refractivity contribution in [3.63, 3.8) is 0 Å². The molecule has 0 radical (unpaired) electrons. The van der Waals surface area contributed by atoms with Crippen molar-refractivity contribution < 1.29 is 4.79 Å². The van der Waals surface area contributed by atoms with Crippen LogP contribution in [0.5, 0.6) is 0 Å². The Hall–Kier alpha value is -1.77. The Bertz CT molecular complexity index is 496. The molecular weight excluding hydrogens is 236 g/mol. The first-order chi connectivity index (χ1) is 9.02. The molecule has 1 heterocycles. The summed E-state index contributed by atoms with van der Waals surface area (Å²) in [6, 6.07) is 4.42. The third-order valence-electron chi connectivity index (χ3n) is 3.65. The zero-order valence-corrected chi connectivity index (χ0v) is 12.2. The van der Waals surface area contributed by atoms with Crippen LogP contribution in [0.3, 0.4) is 0 Å². The van der Waals surface area contributed by atoms with Gasteiger partial charge in [-0.2, -0.15) is 0 Å². The molecule has 0 bridgehead atoms. The van der Waals surface area contributed by atoms with Crippen LogP contribution in [0.25, 0.3) is 0 Å². The molecule has 0 fully saturated rings. The summed E-state index contributed by atoms with van der Waals surface area (Å²) in [6.45, 7) is 8.95. The fourth-order valence-electron chi connectivity index (χ4n) is 2.72. The summed E-state index contributed by atoms with van der Waals surface area (Å²) < 4.78 is 0. The Kier molecular flexibility index (Phi) is 3.93. The van der Waals surface area contributed by atoms with Crippen LogP contribution in [-0.2, 0) is 0 Å². The number of nitrogens with one attached hydrogen (secondary N) is 1. The average molecular weight is 258 g/mol. The van der Waals surface area contributed by atoms with E-state index >= 15 is 0 Å². The van der Waals surface area contributed by atoms with E-state index in [1.807, 2.05) is 18.7 Å². The van der Waals surface area contributed by atoms with Crippen molar-refractivity contribution in [1.29, 1.82) is 0 Å². The second-order valence-corrected chi connectivity index (χ2v) is 5.26. The minimum Gasteiger partial charge on any atom is -0.314 e. The van der Waals surface area contributed by atoms with E-state index < -0.39 is 0 Å². The van der Waals surface area contributed by atoms with E-state index in [0.717, 1.165) is 23.2 Å². The number of amides is 2. The zero-order valence-electron chi connectivity index (χ0n) is 12.2. The molecule has 3 heteroatoms. The minimum atomic E-state index is -0.00750. The van der Waals surface area contributed by atoms with Gasteiger partial charge >= 0.3 is 6.03 Å². The minimum absolute atomic E-state index is 0.00750. The summed E-state index contributed by atoms with van der Waals surface area (Å²) in [5, 5.41) is 3.06. The topological polar surface area (TPSA) is 32.3 Å². The van der Waals surface area contributed by atoms with Gasteiger partial charge in [-0.3, -0.25) is 0 Å². The number of carbonyl (C=O) groups is 1. The van der Waals surface area contributed by atoms with E-state index in [2.05, 4.69) is 43.4 Å². The number of benzene rings is 1. The lowest BCUT2D eigenvalue weighted by Crippen LogP contribution is -2.39. The number of carbonyl (C=O) groups excluding carboxylic acids is 1. The maximum atomic E-state index is 12.3. The van der Waals surface area contributed by atoms with Crippen molar-refractivity contribution in [3.05, 3.63) is 41.0 Å². The van der Waals surface area contributed by atoms with Crippen LogP contribution in [0.15, 0.2) is 24.3 Å². The molecule has 1 aromatic carbocycles. The highest BCUT2D eigenvalue weighted by atomic mass is 16.2. The number of nitrogens with zero attached hydrogens (tertiary/aromatic N) is 1. The Morgan fingerprint density at radius 2 is 1.95 bits per heavy atom. The maximum Gasteiger partial charge on any atom is 0.322 e. The number of hydrogen-bond acceptors (Lipinski definition) is 1. The van der Waals surface area contributed by atoms with Crippen LogP contribution in [-0.4, -0.2) is 23.5 Å². The van der Waals surface area contributed by atoms with Crippen LogP contribution in [0.2, 0.25) is 0 Å². The summed E-state index contributed by atoms with van der Waals surface area (Å²) in [7, 11) is 0. The molecule has 102 valence electrons. The highest BCUT2D eigenvalue weighted by molar-refractivity contribution is 5.91. The van der Waals surface area contributed by atoms with Gasteiger partial charge in [-0.05, 0) is 38.3 Å². The van der Waals surface area contributed by atoms with Crippen molar-refractivity contribution in [2.45, 2.75) is 40.2 Å². The number of urea groups is 1. The van der Waals surface area contributed by atoms with Gasteiger partial charge in [-0.1, -0.05) is 36.8 Å². The van der Waals surface area contributed by atoms with Crippen LogP contribution in [0, 0.1) is 20.8 Å². The van der Waals surface area contributed by atoms with Gasteiger partial charge in [0.25, 0.3) is 0 Å². The summed E-state index contributed by atoms with van der Waals surface area (Å²) in [5.41, 5.74) is 4.40. The molecule has 1 atom stereocenters. The van der Waals surface area contributed by atoms with E-state index in [1.165, 1.54) is 5.56 Å². The molecule has 0 aliphatic carbocycles. The van der Waals surface area contributed by atoms with Crippen LogP contribution >= 0.6 is 0 Å². The summed E-state index contributed by atoms with van der Waals surface area (Å²) in [5.74, 6) is 0. The van der Waals surface area contributed by atoms with Gasteiger partial charge in [0.1, 0.15) is 0 Å². The Morgan fingerprint density at radius 1 is 1.32 bits per heavy atom. The Morgan fingerprint density at radius 3 is 2.53 bits per heavy atom. The first kappa shape index (κ1) is 13.7. The molecule has 2 rings (SSSR count). The van der Waals surface area contributed by atoms with E-state index in [4.69, 9.17) is 0 Å². The molecule has 0 saturated heterocycles. The Labute approximate surface area is 115 Å². The fourth-order valence-corrected chi connectivity index (χ4v) is 2.72. The molecule has 0 spiro atoms. The standard InChI is InChI=1S/C16H22N2O/c1-5-14-7-6-8-18(14)16(19)17-15-12(3)9-11(2)10-13(15)4/h6-7,9-10,14H,5,8H2,1-4H3,(H,17,19). The molecule has 1 N–H and O–H groups in total. The summed E-state index contributed by atoms with van der Waals surface area (Å²) >= 11 is 0. The van der Waals surface area contributed by atoms with Crippen molar-refractivity contribution in [1.82, 2.24) is 4.90 Å². The molecule has 0 aromatic heterocycles. The number of rotatable bonds is 2. The highest BCUT2D eigenvalue weighted by Crippen LogP contribution is 2.23. The lowest BCUT2D eigenvalue weighted by Gasteiger charge is -2.25. The molecule has 1 aromatic rings. The maximum absolute atomic E-state index is 12.3. The molecule has 1 unspecified atom stereocenters. The monoisotopic (exact) mass is 258 g/mol. The van der Waals surface area contributed by atoms with Gasteiger partial charge < -0.3 is 10.2 Å². The largest absolute Gasteiger partial charge is 0.322 e. The third kappa shape index (κ3) is 2.80. The molecule has 19 heavy (non-hydrogen) atoms. The van der Waals surface area contributed by atoms with Crippen molar-refractivity contribution >= 4 is 11.7 Å². The third-order valence-corrected chi connectivity index (χ3v) is 3.65. The molecular formula is C16H22N2O. The van der Waals surface area contributed by atoms with Crippen molar-refractivity contribution in [2.24, 2.45) is 0 Å². The Balaban J connectivity index is 2.16. The fraction of sp³-hybridized carbons (Fsp3) is 0.438. The normalized spacial score (nSPS) is 17.9. The predicted molar refractivity (Wildman–Crippen MR) is 79.6 cm³/mol. The van der Waals surface area contributed by atoms with Crippen molar-refractivity contribution in [2.75, 3.05) is 11.9 Å². The lowest BCUT2D eigenvalue weighted by molar-refractivity contribution is 0.209. The highest BCUT2D eigenvalue weighted by Gasteiger charge is 2.23. The summed E-state index contributed by atoms with van der Waals surface area (Å²) in [4.78, 5) is 14.2. The predicted octanol–water partition coefficient (Wildman–Crippen LogP) is 3.79. The van der Waals surface area contributed by atoms with E-state index in [9.17, 15) is 4.79 Å². The van der Waals surface area contributed by atoms with E-state index in [0.29, 0.717) is 6.54 Å².